The van der Waals surface area contributed by atoms with Crippen molar-refractivity contribution in [2.24, 2.45) is 0 Å². The number of hydrogen-bond acceptors (Lipinski definition) is 6. The van der Waals surface area contributed by atoms with Crippen LogP contribution in [-0.2, 0) is 11.3 Å². The van der Waals surface area contributed by atoms with Crippen LogP contribution in [0.15, 0.2) is 30.5 Å². The number of hydrogen-bond donors (Lipinski definition) is 2. The van der Waals surface area contributed by atoms with E-state index >= 15 is 0 Å². The van der Waals surface area contributed by atoms with Crippen molar-refractivity contribution in [1.82, 2.24) is 9.78 Å². The molecule has 138 valence electrons. The van der Waals surface area contributed by atoms with Crippen LogP contribution in [-0.4, -0.2) is 44.7 Å². The molecule has 0 aliphatic rings. The normalized spacial score (nSPS) is 10.6. The molecule has 0 atom stereocenters. The van der Waals surface area contributed by atoms with Gasteiger partial charge in [-0.3, -0.25) is 24.4 Å². The third-order valence-corrected chi connectivity index (χ3v) is 2.91. The van der Waals surface area contributed by atoms with Crippen LogP contribution < -0.4 is 10.1 Å². The molecule has 0 saturated heterocycles. The molecule has 0 fully saturated rings. The number of carbonyl (C=O) groups is 2. The second-order valence-corrected chi connectivity index (χ2v) is 4.92. The molecule has 0 bridgehead atoms. The van der Waals surface area contributed by atoms with Crippen LogP contribution in [0.5, 0.6) is 5.75 Å². The number of halogens is 2. The van der Waals surface area contributed by atoms with Crippen LogP contribution in [0.2, 0.25) is 0 Å². The number of benzene rings is 1. The number of aromatic nitrogens is 2. The number of amides is 1. The zero-order valence-corrected chi connectivity index (χ0v) is 13.0. The van der Waals surface area contributed by atoms with E-state index in [2.05, 4.69) is 10.4 Å². The lowest BCUT2D eigenvalue weighted by Gasteiger charge is -2.08. The smallest absolute Gasteiger partial charge is 0.325 e. The second kappa shape index (κ2) is 8.00. The molecule has 0 radical (unpaired) electrons. The van der Waals surface area contributed by atoms with Gasteiger partial charge >= 0.3 is 5.97 Å². The Morgan fingerprint density at radius 2 is 2.12 bits per heavy atom. The number of carboxylic acids is 1. The van der Waals surface area contributed by atoms with Crippen LogP contribution in [0.4, 0.5) is 20.2 Å². The molecule has 0 aliphatic heterocycles. The first-order chi connectivity index (χ1) is 12.2. The summed E-state index contributed by atoms with van der Waals surface area (Å²) in [4.78, 5) is 32.9. The predicted octanol–water partition coefficient (Wildman–Crippen LogP) is 1.77. The topological polar surface area (TPSA) is 137 Å². The third kappa shape index (κ3) is 5.22. The van der Waals surface area contributed by atoms with Crippen molar-refractivity contribution in [3.05, 3.63) is 46.3 Å². The minimum Gasteiger partial charge on any atom is -0.487 e. The lowest BCUT2D eigenvalue weighted by atomic mass is 10.2. The third-order valence-electron chi connectivity index (χ3n) is 2.91. The van der Waals surface area contributed by atoms with Gasteiger partial charge in [0.15, 0.2) is 5.69 Å². The Labute approximate surface area is 144 Å². The van der Waals surface area contributed by atoms with Crippen molar-refractivity contribution < 1.29 is 33.1 Å². The minimum absolute atomic E-state index is 0.0683. The van der Waals surface area contributed by atoms with E-state index in [0.29, 0.717) is 0 Å². The van der Waals surface area contributed by atoms with Crippen molar-refractivity contribution >= 4 is 23.3 Å². The molecule has 10 nitrogen and oxygen atoms in total. The molecule has 0 saturated carbocycles. The highest BCUT2D eigenvalue weighted by Crippen LogP contribution is 2.26. The summed E-state index contributed by atoms with van der Waals surface area (Å²) in [5.74, 6) is -2.14. The quantitative estimate of drug-likeness (QED) is 0.534. The molecule has 1 heterocycles. The Balaban J connectivity index is 2.18. The summed E-state index contributed by atoms with van der Waals surface area (Å²) in [5, 5.41) is 25.6. The number of nitro benzene ring substituents is 1. The van der Waals surface area contributed by atoms with Crippen molar-refractivity contribution in [2.45, 2.75) is 13.0 Å². The van der Waals surface area contributed by atoms with E-state index in [1.807, 2.05) is 0 Å². The van der Waals surface area contributed by atoms with Crippen molar-refractivity contribution in [3.8, 4) is 5.75 Å². The minimum atomic E-state index is -2.77. The van der Waals surface area contributed by atoms with Gasteiger partial charge in [-0.05, 0) is 6.07 Å². The van der Waals surface area contributed by atoms with Gasteiger partial charge in [-0.15, -0.1) is 0 Å². The van der Waals surface area contributed by atoms with E-state index in [-0.39, 0.29) is 17.1 Å². The Morgan fingerprint density at radius 3 is 2.73 bits per heavy atom. The van der Waals surface area contributed by atoms with Crippen molar-refractivity contribution in [2.75, 3.05) is 11.9 Å². The first kappa shape index (κ1) is 18.8. The van der Waals surface area contributed by atoms with Gasteiger partial charge in [0, 0.05) is 18.3 Å². The number of carbonyl (C=O) groups excluding carboxylic acids is 1. The molecule has 2 N–H and O–H groups in total. The van der Waals surface area contributed by atoms with Crippen molar-refractivity contribution in [3.63, 3.8) is 0 Å². The summed E-state index contributed by atoms with van der Waals surface area (Å²) in [7, 11) is 0. The average Bonchev–Trinajstić information content (AvgIpc) is 3.00. The van der Waals surface area contributed by atoms with E-state index in [1.165, 1.54) is 12.3 Å². The van der Waals surface area contributed by atoms with Gasteiger partial charge in [0.1, 0.15) is 18.9 Å². The molecule has 26 heavy (non-hydrogen) atoms. The molecule has 1 amide bonds. The molecular weight excluding hydrogens is 358 g/mol. The Kier molecular flexibility index (Phi) is 5.78. The van der Waals surface area contributed by atoms with Crippen LogP contribution in [0.3, 0.4) is 0 Å². The Bertz CT molecular complexity index is 839. The fourth-order valence-corrected chi connectivity index (χ4v) is 1.91. The SMILES string of the molecule is O=C(O)Cn1ccc(C(=O)Nc2cc(OCC(F)F)cc([N+](=O)[O-])c2)n1. The number of nitrogens with zero attached hydrogens (tertiary/aromatic N) is 3. The predicted molar refractivity (Wildman–Crippen MR) is 82.4 cm³/mol. The van der Waals surface area contributed by atoms with Crippen LogP contribution in [0, 0.1) is 10.1 Å². The maximum Gasteiger partial charge on any atom is 0.325 e. The van der Waals surface area contributed by atoms with Gasteiger partial charge in [-0.25, -0.2) is 8.78 Å². The van der Waals surface area contributed by atoms with Gasteiger partial charge in [-0.1, -0.05) is 0 Å². The highest BCUT2D eigenvalue weighted by atomic mass is 19.3. The van der Waals surface area contributed by atoms with Gasteiger partial charge in [0.2, 0.25) is 0 Å². The highest BCUT2D eigenvalue weighted by Gasteiger charge is 2.16. The number of rotatable bonds is 8. The Morgan fingerprint density at radius 1 is 1.38 bits per heavy atom. The van der Waals surface area contributed by atoms with Crippen LogP contribution >= 0.6 is 0 Å². The number of nitro groups is 1. The summed E-state index contributed by atoms with van der Waals surface area (Å²) in [6.07, 6.45) is -1.50. The molecule has 2 aromatic rings. The second-order valence-electron chi connectivity index (χ2n) is 4.92. The zero-order chi connectivity index (χ0) is 19.3. The van der Waals surface area contributed by atoms with Gasteiger partial charge in [0.25, 0.3) is 18.0 Å². The van der Waals surface area contributed by atoms with E-state index in [9.17, 15) is 28.5 Å². The number of carboxylic acid groups (broad SMARTS) is 1. The van der Waals surface area contributed by atoms with Gasteiger partial charge < -0.3 is 15.2 Å². The molecule has 0 unspecified atom stereocenters. The fourth-order valence-electron chi connectivity index (χ4n) is 1.91. The summed E-state index contributed by atoms with van der Waals surface area (Å²) in [5.41, 5.74) is -0.669. The Hall–Kier alpha value is -3.57. The molecule has 1 aromatic heterocycles. The van der Waals surface area contributed by atoms with E-state index in [0.717, 1.165) is 22.9 Å². The average molecular weight is 370 g/mol. The van der Waals surface area contributed by atoms with E-state index < -0.39 is 42.1 Å². The largest absolute Gasteiger partial charge is 0.487 e. The molecule has 0 spiro atoms. The number of anilines is 1. The van der Waals surface area contributed by atoms with Crippen LogP contribution in [0.1, 0.15) is 10.5 Å². The lowest BCUT2D eigenvalue weighted by molar-refractivity contribution is -0.384. The number of aliphatic carboxylic acids is 1. The molecule has 1 aromatic carbocycles. The molecular formula is C14H12F2N4O6. The summed E-state index contributed by atoms with van der Waals surface area (Å²) >= 11 is 0. The number of ether oxygens (including phenoxy) is 1. The summed E-state index contributed by atoms with van der Waals surface area (Å²) in [6, 6.07) is 4.35. The molecule has 0 aliphatic carbocycles. The number of nitrogens with one attached hydrogen (secondary N) is 1. The van der Waals surface area contributed by atoms with E-state index in [1.54, 1.807) is 0 Å². The monoisotopic (exact) mass is 370 g/mol. The number of non-ortho nitro benzene ring substituents is 1. The van der Waals surface area contributed by atoms with Crippen molar-refractivity contribution in [1.29, 1.82) is 0 Å². The zero-order valence-electron chi connectivity index (χ0n) is 13.0. The van der Waals surface area contributed by atoms with Crippen LogP contribution in [0.25, 0.3) is 0 Å². The summed E-state index contributed by atoms with van der Waals surface area (Å²) < 4.78 is 30.2. The first-order valence-electron chi connectivity index (χ1n) is 7.01. The fraction of sp³-hybridized carbons (Fsp3) is 0.214. The maximum atomic E-state index is 12.2. The highest BCUT2D eigenvalue weighted by molar-refractivity contribution is 6.03. The lowest BCUT2D eigenvalue weighted by Crippen LogP contribution is -2.15. The van der Waals surface area contributed by atoms with Gasteiger partial charge in [0.05, 0.1) is 16.7 Å². The summed E-state index contributed by atoms with van der Waals surface area (Å²) in [6.45, 7) is -1.41. The number of alkyl halides is 2. The standard InChI is InChI=1S/C14H12F2N4O6/c15-12(16)7-26-10-4-8(3-9(5-10)20(24)25)17-14(23)11-1-2-19(18-11)6-13(21)22/h1-5,12H,6-7H2,(H,17,23)(H,21,22). The molecule has 12 heteroatoms. The maximum absolute atomic E-state index is 12.2. The first-order valence-corrected chi connectivity index (χ1v) is 7.01. The van der Waals surface area contributed by atoms with E-state index in [4.69, 9.17) is 9.84 Å². The molecule has 2 rings (SSSR count). The van der Waals surface area contributed by atoms with Gasteiger partial charge in [-0.2, -0.15) is 5.10 Å².